The molecule has 3 heteroatoms. The van der Waals surface area contributed by atoms with E-state index in [0.717, 1.165) is 12.3 Å². The highest BCUT2D eigenvalue weighted by Crippen LogP contribution is 2.52. The molecule has 1 aliphatic heterocycles. The molecule has 0 spiro atoms. The third-order valence-corrected chi connectivity index (χ3v) is 4.66. The number of hydrogen-bond donors (Lipinski definition) is 1. The number of rotatable bonds is 3. The molecule has 2 fully saturated rings. The van der Waals surface area contributed by atoms with Crippen LogP contribution in [0.25, 0.3) is 0 Å². The van der Waals surface area contributed by atoms with E-state index < -0.39 is 0 Å². The lowest BCUT2D eigenvalue weighted by Crippen LogP contribution is -2.66. The van der Waals surface area contributed by atoms with Crippen molar-refractivity contribution < 1.29 is 4.74 Å². The Bertz CT molecular complexity index is 418. The molecule has 2 aliphatic rings. The zero-order chi connectivity index (χ0) is 12.8. The van der Waals surface area contributed by atoms with E-state index in [-0.39, 0.29) is 5.41 Å². The van der Waals surface area contributed by atoms with Crippen LogP contribution in [0.1, 0.15) is 38.9 Å². The fraction of sp³-hybridized carbons (Fsp3) is 0.667. The van der Waals surface area contributed by atoms with Crippen LogP contribution in [0.4, 0.5) is 0 Å². The molecule has 0 amide bonds. The van der Waals surface area contributed by atoms with Crippen molar-refractivity contribution in [2.24, 2.45) is 11.3 Å². The molecule has 1 aliphatic carbocycles. The topological polar surface area (TPSA) is 34.1 Å². The predicted octanol–water partition coefficient (Wildman–Crippen LogP) is 2.55. The van der Waals surface area contributed by atoms with Crippen LogP contribution >= 0.6 is 0 Å². The summed E-state index contributed by atoms with van der Waals surface area (Å²) in [5.74, 6) is 0.686. The zero-order valence-electron chi connectivity index (χ0n) is 11.4. The van der Waals surface area contributed by atoms with Gasteiger partial charge in [0.1, 0.15) is 0 Å². The van der Waals surface area contributed by atoms with Crippen molar-refractivity contribution in [3.05, 3.63) is 30.1 Å². The van der Waals surface area contributed by atoms with E-state index in [4.69, 9.17) is 4.74 Å². The van der Waals surface area contributed by atoms with Crippen molar-refractivity contribution in [1.29, 1.82) is 0 Å². The summed E-state index contributed by atoms with van der Waals surface area (Å²) in [5, 5.41) is 3.75. The quantitative estimate of drug-likeness (QED) is 0.890. The van der Waals surface area contributed by atoms with Crippen molar-refractivity contribution in [2.45, 2.75) is 45.4 Å². The summed E-state index contributed by atoms with van der Waals surface area (Å²) in [5.41, 5.74) is 1.36. The van der Waals surface area contributed by atoms with Gasteiger partial charge in [-0.1, -0.05) is 19.9 Å². The number of fused-ring (bicyclic) bond motifs is 1. The summed E-state index contributed by atoms with van der Waals surface area (Å²) >= 11 is 0. The Labute approximate surface area is 109 Å². The summed E-state index contributed by atoms with van der Waals surface area (Å²) in [6.07, 6.45) is 3.51. The molecule has 4 atom stereocenters. The van der Waals surface area contributed by atoms with Crippen molar-refractivity contribution >= 4 is 0 Å². The van der Waals surface area contributed by atoms with E-state index in [1.165, 1.54) is 6.42 Å². The second-order valence-corrected chi connectivity index (χ2v) is 6.19. The molecule has 0 aromatic carbocycles. The van der Waals surface area contributed by atoms with Crippen molar-refractivity contribution in [3.8, 4) is 0 Å². The molecular weight excluding hydrogens is 224 g/mol. The number of pyridine rings is 1. The van der Waals surface area contributed by atoms with E-state index in [9.17, 15) is 0 Å². The van der Waals surface area contributed by atoms with E-state index >= 15 is 0 Å². The lowest BCUT2D eigenvalue weighted by atomic mass is 9.57. The van der Waals surface area contributed by atoms with Gasteiger partial charge >= 0.3 is 0 Å². The molecule has 98 valence electrons. The maximum absolute atomic E-state index is 5.83. The van der Waals surface area contributed by atoms with Gasteiger partial charge in [0.2, 0.25) is 0 Å². The molecule has 0 bridgehead atoms. The number of hydrogen-bond acceptors (Lipinski definition) is 3. The standard InChI is InChI=1S/C15H22N2O/c1-10(12-6-4-5-8-16-12)17-13-11-7-9-18-14(11)15(13,2)3/h4-6,8,10-11,13-14,17H,7,9H2,1-3H3/t10-,11?,13?,14?/m0/s1. The fourth-order valence-corrected chi connectivity index (χ4v) is 3.65. The van der Waals surface area contributed by atoms with Crippen LogP contribution in [0.3, 0.4) is 0 Å². The largest absolute Gasteiger partial charge is 0.377 e. The second-order valence-electron chi connectivity index (χ2n) is 6.19. The number of aromatic nitrogens is 1. The van der Waals surface area contributed by atoms with Gasteiger partial charge in [-0.3, -0.25) is 4.98 Å². The first kappa shape index (κ1) is 12.1. The average molecular weight is 246 g/mol. The first-order chi connectivity index (χ1) is 8.60. The van der Waals surface area contributed by atoms with Crippen LogP contribution in [0.2, 0.25) is 0 Å². The van der Waals surface area contributed by atoms with Gasteiger partial charge in [-0.15, -0.1) is 0 Å². The van der Waals surface area contributed by atoms with Crippen LogP contribution in [0.15, 0.2) is 24.4 Å². The maximum atomic E-state index is 5.83. The zero-order valence-corrected chi connectivity index (χ0v) is 11.4. The third-order valence-electron chi connectivity index (χ3n) is 4.66. The van der Waals surface area contributed by atoms with E-state index in [0.29, 0.717) is 24.1 Å². The Balaban J connectivity index is 1.70. The lowest BCUT2D eigenvalue weighted by molar-refractivity contribution is -0.115. The summed E-state index contributed by atoms with van der Waals surface area (Å²) < 4.78 is 5.83. The molecule has 3 nitrogen and oxygen atoms in total. The summed E-state index contributed by atoms with van der Waals surface area (Å²) in [6.45, 7) is 7.74. The SMILES string of the molecule is C[C@H](NC1C2CCOC2C1(C)C)c1ccccn1. The molecule has 1 saturated heterocycles. The van der Waals surface area contributed by atoms with Gasteiger partial charge < -0.3 is 10.1 Å². The first-order valence-electron chi connectivity index (χ1n) is 6.89. The van der Waals surface area contributed by atoms with E-state index in [1.54, 1.807) is 0 Å². The Hall–Kier alpha value is -0.930. The van der Waals surface area contributed by atoms with Crippen molar-refractivity contribution in [1.82, 2.24) is 10.3 Å². The van der Waals surface area contributed by atoms with Crippen LogP contribution in [0.5, 0.6) is 0 Å². The van der Waals surface area contributed by atoms with Gasteiger partial charge in [-0.2, -0.15) is 0 Å². The summed E-state index contributed by atoms with van der Waals surface area (Å²) in [6, 6.07) is 6.95. The molecular formula is C15H22N2O. The van der Waals surface area contributed by atoms with Gasteiger partial charge in [0, 0.05) is 36.2 Å². The number of nitrogens with one attached hydrogen (secondary N) is 1. The van der Waals surface area contributed by atoms with Gasteiger partial charge in [-0.05, 0) is 25.5 Å². The van der Waals surface area contributed by atoms with Gasteiger partial charge in [0.05, 0.1) is 11.8 Å². The minimum atomic E-state index is 0.240. The normalized spacial score (nSPS) is 34.7. The Morgan fingerprint density at radius 2 is 2.28 bits per heavy atom. The van der Waals surface area contributed by atoms with Crippen molar-refractivity contribution in [2.75, 3.05) is 6.61 Å². The summed E-state index contributed by atoms with van der Waals surface area (Å²) in [4.78, 5) is 4.43. The smallest absolute Gasteiger partial charge is 0.0685 e. The Morgan fingerprint density at radius 1 is 1.44 bits per heavy atom. The predicted molar refractivity (Wildman–Crippen MR) is 71.2 cm³/mol. The molecule has 1 aromatic rings. The van der Waals surface area contributed by atoms with E-state index in [1.807, 2.05) is 18.3 Å². The highest BCUT2D eigenvalue weighted by Gasteiger charge is 2.59. The van der Waals surface area contributed by atoms with E-state index in [2.05, 4.69) is 37.1 Å². The van der Waals surface area contributed by atoms with Crippen LogP contribution in [0, 0.1) is 11.3 Å². The highest BCUT2D eigenvalue weighted by molar-refractivity contribution is 5.14. The van der Waals surface area contributed by atoms with Crippen LogP contribution < -0.4 is 5.32 Å². The van der Waals surface area contributed by atoms with Crippen LogP contribution in [-0.4, -0.2) is 23.7 Å². The minimum Gasteiger partial charge on any atom is -0.377 e. The van der Waals surface area contributed by atoms with Gasteiger partial charge in [-0.25, -0.2) is 0 Å². The molecule has 2 heterocycles. The Kier molecular flexibility index (Phi) is 2.91. The first-order valence-corrected chi connectivity index (χ1v) is 6.89. The molecule has 1 N–H and O–H groups in total. The fourth-order valence-electron chi connectivity index (χ4n) is 3.65. The molecule has 1 saturated carbocycles. The van der Waals surface area contributed by atoms with Crippen LogP contribution in [-0.2, 0) is 4.74 Å². The average Bonchev–Trinajstić information content (AvgIpc) is 2.83. The summed E-state index contributed by atoms with van der Waals surface area (Å²) in [7, 11) is 0. The molecule has 18 heavy (non-hydrogen) atoms. The number of ether oxygens (including phenoxy) is 1. The minimum absolute atomic E-state index is 0.240. The van der Waals surface area contributed by atoms with Gasteiger partial charge in [0.25, 0.3) is 0 Å². The highest BCUT2D eigenvalue weighted by atomic mass is 16.5. The number of nitrogens with zero attached hydrogens (tertiary/aromatic N) is 1. The third kappa shape index (κ3) is 1.77. The molecule has 3 unspecified atom stereocenters. The monoisotopic (exact) mass is 246 g/mol. The lowest BCUT2D eigenvalue weighted by Gasteiger charge is -2.55. The molecule has 0 radical (unpaired) electrons. The van der Waals surface area contributed by atoms with Gasteiger partial charge in [0.15, 0.2) is 0 Å². The molecule has 1 aromatic heterocycles. The second kappa shape index (κ2) is 4.32. The van der Waals surface area contributed by atoms with Crippen molar-refractivity contribution in [3.63, 3.8) is 0 Å². The molecule has 3 rings (SSSR count). The maximum Gasteiger partial charge on any atom is 0.0685 e. The Morgan fingerprint density at radius 3 is 3.00 bits per heavy atom.